The fourth-order valence-electron chi connectivity index (χ4n) is 9.07. The van der Waals surface area contributed by atoms with E-state index in [2.05, 4.69) is 55.6 Å². The zero-order chi connectivity index (χ0) is 50.3. The first-order chi connectivity index (χ1) is 33.6. The van der Waals surface area contributed by atoms with E-state index >= 15 is 0 Å². The molecule has 0 aliphatic carbocycles. The number of aliphatic hydroxyl groups is 8. The number of aliphatic hydroxyl groups excluding tert-OH is 8. The Hall–Kier alpha value is -1.79. The minimum Gasteiger partial charge on any atom is -0.394 e. The third-order valence-electron chi connectivity index (χ3n) is 13.6. The lowest BCUT2D eigenvalue weighted by Crippen LogP contribution is -2.65. The van der Waals surface area contributed by atoms with Crippen LogP contribution in [0.1, 0.15) is 213 Å². The molecule has 2 fully saturated rings. The van der Waals surface area contributed by atoms with Crippen LogP contribution < -0.4 is 5.32 Å². The molecule has 0 aromatic rings. The second kappa shape index (κ2) is 41.7. The van der Waals surface area contributed by atoms with Crippen molar-refractivity contribution in [3.8, 4) is 0 Å². The molecule has 2 heterocycles. The lowest BCUT2D eigenvalue weighted by Gasteiger charge is -2.46. The molecule has 404 valence electrons. The Bertz CT molecular complexity index is 1300. The van der Waals surface area contributed by atoms with Gasteiger partial charge in [0, 0.05) is 6.42 Å². The summed E-state index contributed by atoms with van der Waals surface area (Å²) in [5.41, 5.74) is 0. The minimum absolute atomic E-state index is 0.215. The number of nitrogens with one attached hydrogen (secondary N) is 1. The SMILES string of the molecule is CCCCCCC/C=C\C/C=C\C/C=C\CCCCCCCCCCC(=O)NC(COC1OC(CO)C(OC2OC(CO)C(O)C(O)C2O)C(O)C1O)C(O)CCCCCCCCCCCCCC. The molecular weight excluding hydrogens is 883 g/mol. The third-order valence-corrected chi connectivity index (χ3v) is 13.6. The highest BCUT2D eigenvalue weighted by molar-refractivity contribution is 5.76. The molecule has 14 heteroatoms. The van der Waals surface area contributed by atoms with Crippen molar-refractivity contribution in [2.45, 2.75) is 286 Å². The van der Waals surface area contributed by atoms with E-state index in [0.29, 0.717) is 19.3 Å². The standard InChI is InChI=1S/C55H101NO13/c1-3-5-7-9-11-13-15-17-18-19-20-21-22-23-24-25-26-27-29-31-33-35-37-39-47(60)56-43(44(59)38-36-34-32-30-28-16-14-12-10-8-6-4-2)42-66-54-52(65)50(63)53(46(41-58)68-54)69-55-51(64)49(62)48(61)45(40-57)67-55/h15,17,19-20,22-23,43-46,48-55,57-59,61-65H,3-14,16,18,21,24-42H2,1-2H3,(H,56,60)/b17-15-,20-19-,23-22-. The van der Waals surface area contributed by atoms with Crippen molar-refractivity contribution in [2.24, 2.45) is 0 Å². The summed E-state index contributed by atoms with van der Waals surface area (Å²) in [5, 5.41) is 87.0. The Balaban J connectivity index is 1.76. The predicted molar refractivity (Wildman–Crippen MR) is 272 cm³/mol. The summed E-state index contributed by atoms with van der Waals surface area (Å²) in [4.78, 5) is 13.2. The van der Waals surface area contributed by atoms with Gasteiger partial charge in [-0.05, 0) is 51.4 Å². The van der Waals surface area contributed by atoms with Crippen molar-refractivity contribution < 1.29 is 64.6 Å². The maximum Gasteiger partial charge on any atom is 0.220 e. The van der Waals surface area contributed by atoms with E-state index in [0.717, 1.165) is 64.2 Å². The van der Waals surface area contributed by atoms with Crippen LogP contribution in [0.15, 0.2) is 36.5 Å². The highest BCUT2D eigenvalue weighted by Gasteiger charge is 2.51. The summed E-state index contributed by atoms with van der Waals surface area (Å²) in [6.07, 6.45) is 31.4. The highest BCUT2D eigenvalue weighted by Crippen LogP contribution is 2.30. The lowest BCUT2D eigenvalue weighted by atomic mass is 9.97. The summed E-state index contributed by atoms with van der Waals surface area (Å²) in [6.45, 7) is 2.83. The second-order valence-corrected chi connectivity index (χ2v) is 19.7. The molecule has 2 aliphatic rings. The molecular formula is C55H101NO13. The van der Waals surface area contributed by atoms with Crippen molar-refractivity contribution in [3.05, 3.63) is 36.5 Å². The summed E-state index contributed by atoms with van der Waals surface area (Å²) >= 11 is 0. The van der Waals surface area contributed by atoms with Crippen molar-refractivity contribution >= 4 is 5.91 Å². The quantitative estimate of drug-likeness (QED) is 0.0207. The molecule has 0 aromatic carbocycles. The fraction of sp³-hybridized carbons (Fsp3) is 0.873. The zero-order valence-electron chi connectivity index (χ0n) is 43.1. The van der Waals surface area contributed by atoms with Crippen LogP contribution in [0.4, 0.5) is 0 Å². The normalized spacial score (nSPS) is 26.4. The molecule has 0 spiro atoms. The number of hydrogen-bond acceptors (Lipinski definition) is 13. The Labute approximate surface area is 417 Å². The first kappa shape index (κ1) is 63.3. The van der Waals surface area contributed by atoms with Crippen LogP contribution in [0.2, 0.25) is 0 Å². The van der Waals surface area contributed by atoms with Crippen LogP contribution in [0.5, 0.6) is 0 Å². The van der Waals surface area contributed by atoms with E-state index in [1.165, 1.54) is 116 Å². The van der Waals surface area contributed by atoms with Crippen LogP contribution >= 0.6 is 0 Å². The number of hydrogen-bond donors (Lipinski definition) is 9. The number of rotatable bonds is 43. The molecule has 0 bridgehead atoms. The van der Waals surface area contributed by atoms with Crippen molar-refractivity contribution in [3.63, 3.8) is 0 Å². The average Bonchev–Trinajstić information content (AvgIpc) is 3.35. The largest absolute Gasteiger partial charge is 0.394 e. The molecule has 69 heavy (non-hydrogen) atoms. The summed E-state index contributed by atoms with van der Waals surface area (Å²) in [7, 11) is 0. The van der Waals surface area contributed by atoms with E-state index in [1.807, 2.05) is 0 Å². The average molecular weight is 984 g/mol. The molecule has 1 amide bonds. The molecule has 0 radical (unpaired) electrons. The maximum absolute atomic E-state index is 13.2. The second-order valence-electron chi connectivity index (χ2n) is 19.7. The highest BCUT2D eigenvalue weighted by atomic mass is 16.7. The van der Waals surface area contributed by atoms with E-state index in [9.17, 15) is 45.6 Å². The molecule has 2 aliphatic heterocycles. The van der Waals surface area contributed by atoms with Gasteiger partial charge >= 0.3 is 0 Å². The molecule has 0 saturated carbocycles. The molecule has 0 aromatic heterocycles. The molecule has 12 unspecified atom stereocenters. The third kappa shape index (κ3) is 28.3. The van der Waals surface area contributed by atoms with Gasteiger partial charge in [0.2, 0.25) is 5.91 Å². The van der Waals surface area contributed by atoms with Gasteiger partial charge in [0.05, 0.1) is 32.0 Å². The summed E-state index contributed by atoms with van der Waals surface area (Å²) in [5.74, 6) is -0.215. The predicted octanol–water partition coefficient (Wildman–Crippen LogP) is 8.27. The van der Waals surface area contributed by atoms with Crippen LogP contribution in [0, 0.1) is 0 Å². The summed E-state index contributed by atoms with van der Waals surface area (Å²) in [6, 6.07) is -0.831. The van der Waals surface area contributed by atoms with E-state index in [-0.39, 0.29) is 12.5 Å². The number of unbranched alkanes of at least 4 members (excludes halogenated alkanes) is 24. The first-order valence-electron chi connectivity index (χ1n) is 27.7. The van der Waals surface area contributed by atoms with Crippen molar-refractivity contribution in [2.75, 3.05) is 19.8 Å². The Morgan fingerprint density at radius 3 is 1.46 bits per heavy atom. The van der Waals surface area contributed by atoms with Gasteiger partial charge in [-0.1, -0.05) is 192 Å². The van der Waals surface area contributed by atoms with E-state index in [1.54, 1.807) is 0 Å². The van der Waals surface area contributed by atoms with Crippen LogP contribution in [-0.4, -0.2) is 140 Å². The van der Waals surface area contributed by atoms with Crippen LogP contribution in [0.25, 0.3) is 0 Å². The summed E-state index contributed by atoms with van der Waals surface area (Å²) < 4.78 is 22.8. The van der Waals surface area contributed by atoms with Crippen molar-refractivity contribution in [1.82, 2.24) is 5.32 Å². The Morgan fingerprint density at radius 1 is 0.522 bits per heavy atom. The van der Waals surface area contributed by atoms with E-state index < -0.39 is 86.8 Å². The molecule has 12 atom stereocenters. The van der Waals surface area contributed by atoms with Gasteiger partial charge in [0.15, 0.2) is 12.6 Å². The van der Waals surface area contributed by atoms with Gasteiger partial charge in [0.1, 0.15) is 48.8 Å². The maximum atomic E-state index is 13.2. The van der Waals surface area contributed by atoms with Gasteiger partial charge in [-0.25, -0.2) is 0 Å². The molecule has 9 N–H and O–H groups in total. The monoisotopic (exact) mass is 984 g/mol. The van der Waals surface area contributed by atoms with Gasteiger partial charge in [0.25, 0.3) is 0 Å². The molecule has 2 rings (SSSR count). The smallest absolute Gasteiger partial charge is 0.220 e. The van der Waals surface area contributed by atoms with Gasteiger partial charge in [-0.2, -0.15) is 0 Å². The minimum atomic E-state index is -1.78. The number of allylic oxidation sites excluding steroid dienone is 6. The topological polar surface area (TPSA) is 228 Å². The zero-order valence-corrected chi connectivity index (χ0v) is 43.1. The van der Waals surface area contributed by atoms with Gasteiger partial charge in [-0.3, -0.25) is 4.79 Å². The molecule has 14 nitrogen and oxygen atoms in total. The fourth-order valence-corrected chi connectivity index (χ4v) is 9.07. The Kier molecular flexibility index (Phi) is 38.2. The van der Waals surface area contributed by atoms with Crippen LogP contribution in [0.3, 0.4) is 0 Å². The van der Waals surface area contributed by atoms with E-state index in [4.69, 9.17) is 18.9 Å². The number of amides is 1. The van der Waals surface area contributed by atoms with Gasteiger partial charge < -0.3 is 65.1 Å². The molecule has 2 saturated heterocycles. The number of carbonyl (C=O) groups is 1. The first-order valence-corrected chi connectivity index (χ1v) is 27.7. The number of ether oxygens (including phenoxy) is 4. The Morgan fingerprint density at radius 2 is 0.957 bits per heavy atom. The van der Waals surface area contributed by atoms with Crippen molar-refractivity contribution in [1.29, 1.82) is 0 Å². The van der Waals surface area contributed by atoms with Crippen LogP contribution in [-0.2, 0) is 23.7 Å². The number of carbonyl (C=O) groups excluding carboxylic acids is 1. The van der Waals surface area contributed by atoms with Gasteiger partial charge in [-0.15, -0.1) is 0 Å². The lowest BCUT2D eigenvalue weighted by molar-refractivity contribution is -0.359.